The maximum absolute atomic E-state index is 12.9. The second-order valence-corrected chi connectivity index (χ2v) is 6.86. The number of piperidine rings is 1. The van der Waals surface area contributed by atoms with Crippen molar-refractivity contribution in [2.75, 3.05) is 11.9 Å². The molecule has 1 saturated heterocycles. The first-order valence-corrected chi connectivity index (χ1v) is 9.53. The summed E-state index contributed by atoms with van der Waals surface area (Å²) in [5, 5.41) is 9.79. The molecule has 0 radical (unpaired) electrons. The van der Waals surface area contributed by atoms with Crippen LogP contribution in [0.25, 0.3) is 11.4 Å². The number of aromatic amines is 1. The standard InChI is InChI=1S/C20H22N6O3.ClH/c21-12-17-23-18(25-24-17)13-6-8-14(9-7-13)22-19(27)15-4-1-2-10-26(15)20(28)16-5-3-11-29-16;/h3,5-9,11,15H,1-2,4,10,12,21H2,(H,22,27)(H,23,24,25);1H. The molecule has 1 atom stereocenters. The van der Waals surface area contributed by atoms with Crippen molar-refractivity contribution in [2.24, 2.45) is 5.73 Å². The maximum atomic E-state index is 12.9. The summed E-state index contributed by atoms with van der Waals surface area (Å²) in [6.07, 6.45) is 3.84. The minimum Gasteiger partial charge on any atom is -0.459 e. The Morgan fingerprint density at radius 3 is 2.70 bits per heavy atom. The van der Waals surface area contributed by atoms with Gasteiger partial charge in [0.2, 0.25) is 5.91 Å². The second-order valence-electron chi connectivity index (χ2n) is 6.86. The summed E-state index contributed by atoms with van der Waals surface area (Å²) in [6, 6.07) is 9.97. The number of carbonyl (C=O) groups is 2. The zero-order valence-electron chi connectivity index (χ0n) is 16.2. The third-order valence-corrected chi connectivity index (χ3v) is 4.93. The number of hydrogen-bond donors (Lipinski definition) is 3. The van der Waals surface area contributed by atoms with E-state index in [0.717, 1.165) is 18.4 Å². The maximum Gasteiger partial charge on any atom is 0.290 e. The van der Waals surface area contributed by atoms with E-state index in [9.17, 15) is 9.59 Å². The zero-order valence-corrected chi connectivity index (χ0v) is 17.0. The van der Waals surface area contributed by atoms with Crippen molar-refractivity contribution in [1.29, 1.82) is 0 Å². The molecule has 0 spiro atoms. The van der Waals surface area contributed by atoms with Crippen LogP contribution in [0.2, 0.25) is 0 Å². The van der Waals surface area contributed by atoms with Gasteiger partial charge in [-0.2, -0.15) is 5.10 Å². The van der Waals surface area contributed by atoms with Crippen LogP contribution in [0.5, 0.6) is 0 Å². The van der Waals surface area contributed by atoms with Gasteiger partial charge < -0.3 is 20.4 Å². The molecule has 3 heterocycles. The van der Waals surface area contributed by atoms with Crippen molar-refractivity contribution in [2.45, 2.75) is 31.8 Å². The summed E-state index contributed by atoms with van der Waals surface area (Å²) < 4.78 is 5.21. The van der Waals surface area contributed by atoms with Crippen molar-refractivity contribution >= 4 is 29.9 Å². The number of benzene rings is 1. The van der Waals surface area contributed by atoms with Gasteiger partial charge in [-0.05, 0) is 55.7 Å². The highest BCUT2D eigenvalue weighted by Gasteiger charge is 2.33. The Morgan fingerprint density at radius 2 is 2.03 bits per heavy atom. The minimum absolute atomic E-state index is 0. The molecule has 0 saturated carbocycles. The van der Waals surface area contributed by atoms with Crippen LogP contribution in [0.15, 0.2) is 47.1 Å². The molecular formula is C20H23ClN6O3. The molecule has 3 aromatic rings. The van der Waals surface area contributed by atoms with E-state index in [1.165, 1.54) is 6.26 Å². The Hall–Kier alpha value is -3.17. The number of amides is 2. The molecule has 1 fully saturated rings. The highest BCUT2D eigenvalue weighted by molar-refractivity contribution is 6.00. The fourth-order valence-electron chi connectivity index (χ4n) is 3.43. The average Bonchev–Trinajstić information content (AvgIpc) is 3.46. The lowest BCUT2D eigenvalue weighted by molar-refractivity contribution is -0.121. The number of furan rings is 1. The van der Waals surface area contributed by atoms with E-state index in [0.29, 0.717) is 30.3 Å². The van der Waals surface area contributed by atoms with Crippen LogP contribution >= 0.6 is 12.4 Å². The summed E-state index contributed by atoms with van der Waals surface area (Å²) >= 11 is 0. The lowest BCUT2D eigenvalue weighted by Gasteiger charge is -2.34. The summed E-state index contributed by atoms with van der Waals surface area (Å²) in [6.45, 7) is 0.820. The van der Waals surface area contributed by atoms with Gasteiger partial charge in [0.15, 0.2) is 11.6 Å². The number of hydrogen-bond acceptors (Lipinski definition) is 6. The normalized spacial score (nSPS) is 16.0. The summed E-state index contributed by atoms with van der Waals surface area (Å²) in [5.41, 5.74) is 6.99. The molecule has 30 heavy (non-hydrogen) atoms. The van der Waals surface area contributed by atoms with Gasteiger partial charge in [0.25, 0.3) is 5.91 Å². The van der Waals surface area contributed by atoms with Crippen LogP contribution in [0.1, 0.15) is 35.6 Å². The van der Waals surface area contributed by atoms with Crippen LogP contribution in [0, 0.1) is 0 Å². The van der Waals surface area contributed by atoms with Gasteiger partial charge in [0, 0.05) is 17.8 Å². The minimum atomic E-state index is -0.527. The lowest BCUT2D eigenvalue weighted by Crippen LogP contribution is -2.49. The van der Waals surface area contributed by atoms with E-state index in [2.05, 4.69) is 20.5 Å². The predicted octanol–water partition coefficient (Wildman–Crippen LogP) is 2.58. The van der Waals surface area contributed by atoms with Crippen LogP contribution in [-0.2, 0) is 11.3 Å². The van der Waals surface area contributed by atoms with Crippen LogP contribution in [-0.4, -0.2) is 44.5 Å². The largest absolute Gasteiger partial charge is 0.459 e. The first-order valence-electron chi connectivity index (χ1n) is 9.53. The molecule has 0 bridgehead atoms. The molecule has 2 aromatic heterocycles. The van der Waals surface area contributed by atoms with Gasteiger partial charge in [-0.1, -0.05) is 0 Å². The van der Waals surface area contributed by atoms with Gasteiger partial charge in [0.05, 0.1) is 12.8 Å². The lowest BCUT2D eigenvalue weighted by atomic mass is 10.0. The van der Waals surface area contributed by atoms with Crippen molar-refractivity contribution in [3.05, 3.63) is 54.2 Å². The number of nitrogens with zero attached hydrogens (tertiary/aromatic N) is 3. The average molecular weight is 431 g/mol. The molecule has 0 aliphatic carbocycles. The first kappa shape index (κ1) is 21.5. The number of halogens is 1. The predicted molar refractivity (Wildman–Crippen MR) is 113 cm³/mol. The molecule has 1 aliphatic rings. The van der Waals surface area contributed by atoms with Crippen molar-refractivity contribution in [1.82, 2.24) is 20.1 Å². The summed E-state index contributed by atoms with van der Waals surface area (Å²) in [4.78, 5) is 31.4. The van der Waals surface area contributed by atoms with E-state index in [1.54, 1.807) is 29.2 Å². The fourth-order valence-corrected chi connectivity index (χ4v) is 3.43. The molecule has 9 nitrogen and oxygen atoms in total. The van der Waals surface area contributed by atoms with E-state index < -0.39 is 6.04 Å². The fraction of sp³-hybridized carbons (Fsp3) is 0.300. The van der Waals surface area contributed by atoms with Gasteiger partial charge in [-0.15, -0.1) is 12.4 Å². The van der Waals surface area contributed by atoms with Gasteiger partial charge in [-0.25, -0.2) is 4.98 Å². The SMILES string of the molecule is Cl.NCc1nc(-c2ccc(NC(=O)C3CCCCN3C(=O)c3ccco3)cc2)n[nH]1. The Balaban J connectivity index is 0.00000256. The van der Waals surface area contributed by atoms with E-state index >= 15 is 0 Å². The second kappa shape index (κ2) is 9.55. The zero-order chi connectivity index (χ0) is 20.2. The number of likely N-dealkylation sites (tertiary alicyclic amines) is 1. The monoisotopic (exact) mass is 430 g/mol. The van der Waals surface area contributed by atoms with E-state index in [1.807, 2.05) is 12.1 Å². The molecule has 4 N–H and O–H groups in total. The number of aromatic nitrogens is 3. The molecule has 1 aromatic carbocycles. The first-order chi connectivity index (χ1) is 14.2. The quantitative estimate of drug-likeness (QED) is 0.570. The number of carbonyl (C=O) groups excluding carboxylic acids is 2. The number of H-pyrrole nitrogens is 1. The molecule has 158 valence electrons. The summed E-state index contributed by atoms with van der Waals surface area (Å²) in [5.74, 6) is 0.936. The third-order valence-electron chi connectivity index (χ3n) is 4.93. The Labute approximate surface area is 179 Å². The number of nitrogens with one attached hydrogen (secondary N) is 2. The highest BCUT2D eigenvalue weighted by Crippen LogP contribution is 2.23. The van der Waals surface area contributed by atoms with Gasteiger partial charge in [-0.3, -0.25) is 14.7 Å². The van der Waals surface area contributed by atoms with Crippen molar-refractivity contribution < 1.29 is 14.0 Å². The number of rotatable bonds is 5. The Kier molecular flexibility index (Phi) is 6.86. The molecule has 2 amide bonds. The Bertz CT molecular complexity index is 986. The molecule has 1 unspecified atom stereocenters. The van der Waals surface area contributed by atoms with E-state index in [4.69, 9.17) is 10.2 Å². The molecule has 1 aliphatic heterocycles. The van der Waals surface area contributed by atoms with Gasteiger partial charge in [0.1, 0.15) is 11.9 Å². The number of nitrogens with two attached hydrogens (primary N) is 1. The smallest absolute Gasteiger partial charge is 0.290 e. The van der Waals surface area contributed by atoms with Crippen molar-refractivity contribution in [3.8, 4) is 11.4 Å². The molecule has 4 rings (SSSR count). The Morgan fingerprint density at radius 1 is 1.23 bits per heavy atom. The topological polar surface area (TPSA) is 130 Å². The van der Waals surface area contributed by atoms with Gasteiger partial charge >= 0.3 is 0 Å². The van der Waals surface area contributed by atoms with Crippen LogP contribution < -0.4 is 11.1 Å². The molecular weight excluding hydrogens is 408 g/mol. The third kappa shape index (κ3) is 4.52. The number of anilines is 1. The summed E-state index contributed by atoms with van der Waals surface area (Å²) in [7, 11) is 0. The van der Waals surface area contributed by atoms with Crippen molar-refractivity contribution in [3.63, 3.8) is 0 Å². The van der Waals surface area contributed by atoms with Crippen LogP contribution in [0.4, 0.5) is 5.69 Å². The van der Waals surface area contributed by atoms with E-state index in [-0.39, 0.29) is 36.5 Å². The van der Waals surface area contributed by atoms with Crippen LogP contribution in [0.3, 0.4) is 0 Å². The molecule has 10 heteroatoms. The highest BCUT2D eigenvalue weighted by atomic mass is 35.5.